The van der Waals surface area contributed by atoms with Gasteiger partial charge in [0.15, 0.2) is 5.78 Å². The number of methoxy groups -OCH3 is 1. The van der Waals surface area contributed by atoms with E-state index >= 15 is 8.78 Å². The monoisotopic (exact) mass is 826 g/mol. The van der Waals surface area contributed by atoms with Crippen LogP contribution in [0.2, 0.25) is 5.02 Å². The van der Waals surface area contributed by atoms with Gasteiger partial charge in [-0.3, -0.25) is 19.0 Å². The topological polar surface area (TPSA) is 125 Å². The Morgan fingerprint density at radius 3 is 2.48 bits per heavy atom. The van der Waals surface area contributed by atoms with Crippen LogP contribution in [0.1, 0.15) is 91.1 Å². The van der Waals surface area contributed by atoms with Crippen LogP contribution < -0.4 is 0 Å². The summed E-state index contributed by atoms with van der Waals surface area (Å²) in [6, 6.07) is 6.07. The first-order chi connectivity index (χ1) is 27.4. The summed E-state index contributed by atoms with van der Waals surface area (Å²) in [5.74, 6) is -3.84. The fourth-order valence-corrected chi connectivity index (χ4v) is 8.10. The third kappa shape index (κ3) is 8.12. The van der Waals surface area contributed by atoms with Crippen LogP contribution in [0.3, 0.4) is 0 Å². The zero-order valence-electron chi connectivity index (χ0n) is 31.7. The fraction of sp³-hybridized carbons (Fsp3) is 0.415. The number of nitrogens with zero attached hydrogens (tertiary/aromatic N) is 6. The Morgan fingerprint density at radius 1 is 1.09 bits per heavy atom. The average molecular weight is 827 g/mol. The van der Waals surface area contributed by atoms with Gasteiger partial charge in [-0.05, 0) is 62.3 Å². The number of carbonyl (C=O) groups is 2. The summed E-state index contributed by atoms with van der Waals surface area (Å²) in [5.41, 5.74) is -1.33. The summed E-state index contributed by atoms with van der Waals surface area (Å²) in [7, 11) is 3.12. The zero-order valence-corrected chi connectivity index (χ0v) is 32.5. The molecule has 0 aliphatic heterocycles. The Morgan fingerprint density at radius 2 is 1.81 bits per heavy atom. The number of alkyl halides is 4. The van der Waals surface area contributed by atoms with E-state index in [9.17, 15) is 32.3 Å². The van der Waals surface area contributed by atoms with Gasteiger partial charge in [0.2, 0.25) is 5.82 Å². The Bertz CT molecular complexity index is 2500. The van der Waals surface area contributed by atoms with Gasteiger partial charge in [-0.2, -0.15) is 19.0 Å². The van der Waals surface area contributed by atoms with Crippen molar-refractivity contribution >= 4 is 34.1 Å². The van der Waals surface area contributed by atoms with E-state index in [4.69, 9.17) is 21.3 Å². The van der Waals surface area contributed by atoms with E-state index in [0.717, 1.165) is 12.1 Å². The normalized spacial score (nSPS) is 17.3. The lowest BCUT2D eigenvalue weighted by molar-refractivity contribution is -0.121. The van der Waals surface area contributed by atoms with Crippen LogP contribution >= 0.6 is 11.6 Å². The van der Waals surface area contributed by atoms with Gasteiger partial charge in [-0.15, -0.1) is 0 Å². The van der Waals surface area contributed by atoms with E-state index < -0.39 is 77.5 Å². The summed E-state index contributed by atoms with van der Waals surface area (Å²) in [6.45, 7) is 2.30. The lowest BCUT2D eigenvalue weighted by Crippen LogP contribution is -2.24. The highest BCUT2D eigenvalue weighted by Crippen LogP contribution is 2.68. The predicted molar refractivity (Wildman–Crippen MR) is 199 cm³/mol. The molecule has 2 aromatic carbocycles. The number of hydrogen-bond donors (Lipinski definition) is 1. The van der Waals surface area contributed by atoms with Crippen LogP contribution in [-0.2, 0) is 46.7 Å². The molecule has 0 unspecified atom stereocenters. The predicted octanol–water partition coefficient (Wildman–Crippen LogP) is 7.56. The minimum absolute atomic E-state index is 0.0427. The van der Waals surface area contributed by atoms with Gasteiger partial charge < -0.3 is 9.84 Å². The second kappa shape index (κ2) is 15.6. The second-order valence-electron chi connectivity index (χ2n) is 15.2. The molecule has 0 bridgehead atoms. The molecule has 1 fully saturated rings. The van der Waals surface area contributed by atoms with Gasteiger partial charge in [0.1, 0.15) is 41.0 Å². The molecule has 3 heterocycles. The largest absolute Gasteiger partial charge is 0.384 e. The molecular weight excluding hydrogens is 790 g/mol. The molecule has 2 aliphatic rings. The minimum atomic E-state index is -3.47. The number of Topliss-reactive ketones (excluding diaryl/α,β-unsaturated/α-hetero) is 2. The number of halogens is 7. The van der Waals surface area contributed by atoms with Crippen molar-refractivity contribution in [3.63, 3.8) is 0 Å². The number of benzene rings is 2. The fourth-order valence-electron chi connectivity index (χ4n) is 7.84. The first kappa shape index (κ1) is 41.1. The molecule has 1 N–H and O–H groups in total. The maximum atomic E-state index is 15.4. The quantitative estimate of drug-likeness (QED) is 0.0899. The van der Waals surface area contributed by atoms with Crippen molar-refractivity contribution in [2.45, 2.75) is 82.3 Å². The van der Waals surface area contributed by atoms with Crippen LogP contribution in [0.4, 0.5) is 26.3 Å². The van der Waals surface area contributed by atoms with Gasteiger partial charge >= 0.3 is 0 Å². The van der Waals surface area contributed by atoms with Gasteiger partial charge in [-0.1, -0.05) is 23.6 Å². The van der Waals surface area contributed by atoms with Crippen molar-refractivity contribution in [1.29, 1.82) is 0 Å². The zero-order chi connectivity index (χ0) is 41.8. The van der Waals surface area contributed by atoms with Gasteiger partial charge in [0.05, 0.1) is 35.0 Å². The summed E-state index contributed by atoms with van der Waals surface area (Å²) < 4.78 is 95.4. The van der Waals surface area contributed by atoms with Crippen molar-refractivity contribution in [3.05, 3.63) is 92.9 Å². The number of fused-ring (bicyclic) bond motifs is 4. The highest BCUT2D eigenvalue weighted by Gasteiger charge is 2.67. The van der Waals surface area contributed by atoms with Crippen LogP contribution in [0.5, 0.6) is 0 Å². The summed E-state index contributed by atoms with van der Waals surface area (Å²) in [6.07, 6.45) is -2.32. The summed E-state index contributed by atoms with van der Waals surface area (Å²) in [4.78, 5) is 36.0. The molecule has 5 aromatic rings. The molecule has 0 spiro atoms. The van der Waals surface area contributed by atoms with Gasteiger partial charge in [0.25, 0.3) is 12.3 Å². The Kier molecular flexibility index (Phi) is 11.0. The lowest BCUT2D eigenvalue weighted by atomic mass is 9.86. The molecular formula is C41H37ClF6N6O4. The molecule has 304 valence electrons. The van der Waals surface area contributed by atoms with Crippen LogP contribution in [0, 0.1) is 29.4 Å². The third-order valence-corrected chi connectivity index (χ3v) is 10.6. The molecule has 58 heavy (non-hydrogen) atoms. The average Bonchev–Trinajstić information content (AvgIpc) is 3.68. The highest BCUT2D eigenvalue weighted by molar-refractivity contribution is 6.36. The molecule has 10 nitrogen and oxygen atoms in total. The number of aryl methyl sites for hydroxylation is 1. The molecule has 0 radical (unpaired) electrons. The Labute approximate surface area is 333 Å². The molecule has 3 atom stereocenters. The molecule has 17 heteroatoms. The molecule has 0 saturated heterocycles. The maximum Gasteiger partial charge on any atom is 0.293 e. The maximum absolute atomic E-state index is 15.4. The summed E-state index contributed by atoms with van der Waals surface area (Å²) in [5, 5.41) is 19.5. The summed E-state index contributed by atoms with van der Waals surface area (Å²) >= 11 is 6.72. The van der Waals surface area contributed by atoms with E-state index in [2.05, 4.69) is 27.0 Å². The molecule has 2 aliphatic carbocycles. The highest BCUT2D eigenvalue weighted by atomic mass is 35.5. The van der Waals surface area contributed by atoms with E-state index in [1.54, 1.807) is 19.2 Å². The minimum Gasteiger partial charge on any atom is -0.384 e. The van der Waals surface area contributed by atoms with E-state index in [0.29, 0.717) is 38.5 Å². The number of ether oxygens (including phenoxy) is 1. The number of aromatic nitrogens is 6. The SMILES string of the molecule is COCCC(=O)Cc1nn(C)c2c(-c3cnc(C#CC(C)(C)O)nc3[C@@H](CC(=O)Cn3nc(C(F)F)c4c3C(F)(F)[C@@H]3C[C@H]43)Cc3cc(F)cc(F)c3)ccc(Cl)c12. The second-order valence-corrected chi connectivity index (χ2v) is 15.7. The molecule has 0 amide bonds. The number of hydrogen-bond acceptors (Lipinski definition) is 8. The van der Waals surface area contributed by atoms with Gasteiger partial charge in [-0.25, -0.2) is 27.5 Å². The Balaban J connectivity index is 1.36. The van der Waals surface area contributed by atoms with Crippen LogP contribution in [0.15, 0.2) is 36.5 Å². The number of aliphatic hydroxyl groups is 1. The first-order valence-corrected chi connectivity index (χ1v) is 18.7. The first-order valence-electron chi connectivity index (χ1n) is 18.4. The van der Waals surface area contributed by atoms with Gasteiger partial charge in [0, 0.05) is 73.2 Å². The third-order valence-electron chi connectivity index (χ3n) is 10.3. The Hall–Kier alpha value is -5.11. The van der Waals surface area contributed by atoms with E-state index in [1.165, 1.54) is 31.8 Å². The van der Waals surface area contributed by atoms with Crippen LogP contribution in [-0.4, -0.2) is 65.5 Å². The van der Waals surface area contributed by atoms with Crippen molar-refractivity contribution in [1.82, 2.24) is 29.5 Å². The number of ketones is 2. The number of carbonyl (C=O) groups excluding carboxylic acids is 2. The lowest BCUT2D eigenvalue weighted by Gasteiger charge is -2.21. The molecule has 7 rings (SSSR count). The van der Waals surface area contributed by atoms with E-state index in [1.807, 2.05) is 0 Å². The molecule has 1 saturated carbocycles. The van der Waals surface area contributed by atoms with E-state index in [-0.39, 0.29) is 65.7 Å². The van der Waals surface area contributed by atoms with Crippen LogP contribution in [0.25, 0.3) is 22.0 Å². The van der Waals surface area contributed by atoms with Crippen molar-refractivity contribution in [2.75, 3.05) is 13.7 Å². The number of rotatable bonds is 14. The van der Waals surface area contributed by atoms with Crippen molar-refractivity contribution < 1.29 is 45.8 Å². The van der Waals surface area contributed by atoms with Crippen molar-refractivity contribution in [3.8, 4) is 23.0 Å². The standard InChI is InChI=1S/C41H37ClF6N6O4/c1-40(2,57)9-7-32-49-18-28(26-5-6-30(42)34-31(51-53(3)37(26)34)16-24(55)8-10-58-4)35(50-32)21(11-20-12-22(43)15-23(44)13-20)14-25(56)19-54-38-33(36(52-54)39(45)46)27-17-29(27)41(38,47)48/h5-6,12-13,15,18,21,27,29,39,57H,8,10-11,14,16-17,19H2,1-4H3/t21-,27+,29-/m1/s1. The smallest absolute Gasteiger partial charge is 0.293 e. The molecule has 3 aromatic heterocycles. The van der Waals surface area contributed by atoms with Crippen molar-refractivity contribution in [2.24, 2.45) is 13.0 Å².